The SMILES string of the molecule is Cc1c(O)c(O)cc2c3c(oc12)C(N(C)C)CC[C@@H]1C(C)(C)CCC[C@@]31C. The van der Waals surface area contributed by atoms with Gasteiger partial charge in [-0.05, 0) is 69.5 Å². The maximum Gasteiger partial charge on any atom is 0.164 e. The lowest BCUT2D eigenvalue weighted by molar-refractivity contribution is 0.0484. The van der Waals surface area contributed by atoms with Crippen molar-refractivity contribution in [1.29, 1.82) is 0 Å². The molecule has 0 radical (unpaired) electrons. The Balaban J connectivity index is 2.08. The van der Waals surface area contributed by atoms with Crippen molar-refractivity contribution in [3.63, 3.8) is 0 Å². The molecular weight excluding hydrogens is 338 g/mol. The second-order valence-electron chi connectivity index (χ2n) is 9.96. The fourth-order valence-electron chi connectivity index (χ4n) is 6.29. The molecule has 1 unspecified atom stereocenters. The van der Waals surface area contributed by atoms with Crippen LogP contribution in [0.3, 0.4) is 0 Å². The molecule has 2 N–H and O–H groups in total. The van der Waals surface area contributed by atoms with Crippen LogP contribution < -0.4 is 0 Å². The zero-order valence-electron chi connectivity index (χ0n) is 17.5. The van der Waals surface area contributed by atoms with E-state index < -0.39 is 0 Å². The smallest absolute Gasteiger partial charge is 0.164 e. The Kier molecular flexibility index (Phi) is 4.08. The van der Waals surface area contributed by atoms with Gasteiger partial charge in [0.05, 0.1) is 6.04 Å². The number of hydrogen-bond donors (Lipinski definition) is 2. The molecule has 2 aliphatic carbocycles. The summed E-state index contributed by atoms with van der Waals surface area (Å²) in [5.74, 6) is 1.48. The highest BCUT2D eigenvalue weighted by Crippen LogP contribution is 2.60. The largest absolute Gasteiger partial charge is 0.504 e. The lowest BCUT2D eigenvalue weighted by Crippen LogP contribution is -2.44. The van der Waals surface area contributed by atoms with Crippen molar-refractivity contribution in [1.82, 2.24) is 4.90 Å². The van der Waals surface area contributed by atoms with E-state index in [1.165, 1.54) is 24.8 Å². The number of fused-ring (bicyclic) bond motifs is 5. The van der Waals surface area contributed by atoms with Gasteiger partial charge in [0.2, 0.25) is 0 Å². The minimum absolute atomic E-state index is 0.0168. The van der Waals surface area contributed by atoms with E-state index in [1.54, 1.807) is 6.07 Å². The van der Waals surface area contributed by atoms with Gasteiger partial charge in [-0.2, -0.15) is 0 Å². The topological polar surface area (TPSA) is 56.8 Å². The van der Waals surface area contributed by atoms with Gasteiger partial charge in [-0.1, -0.05) is 27.2 Å². The second-order valence-corrected chi connectivity index (χ2v) is 9.96. The van der Waals surface area contributed by atoms with Gasteiger partial charge in [0.15, 0.2) is 11.5 Å². The molecule has 0 bridgehead atoms. The molecule has 2 aliphatic rings. The van der Waals surface area contributed by atoms with Crippen molar-refractivity contribution in [3.05, 3.63) is 23.0 Å². The van der Waals surface area contributed by atoms with Gasteiger partial charge >= 0.3 is 0 Å². The van der Waals surface area contributed by atoms with Crippen LogP contribution >= 0.6 is 0 Å². The number of hydrogen-bond acceptors (Lipinski definition) is 4. The van der Waals surface area contributed by atoms with E-state index in [9.17, 15) is 10.2 Å². The van der Waals surface area contributed by atoms with Crippen LogP contribution in [0.15, 0.2) is 10.5 Å². The van der Waals surface area contributed by atoms with Gasteiger partial charge in [0, 0.05) is 16.5 Å². The third-order valence-corrected chi connectivity index (χ3v) is 7.65. The van der Waals surface area contributed by atoms with Gasteiger partial charge < -0.3 is 14.6 Å². The fourth-order valence-corrected chi connectivity index (χ4v) is 6.29. The van der Waals surface area contributed by atoms with Crippen molar-refractivity contribution in [2.75, 3.05) is 14.1 Å². The first kappa shape index (κ1) is 18.7. The summed E-state index contributed by atoms with van der Waals surface area (Å²) in [5, 5.41) is 21.6. The van der Waals surface area contributed by atoms with Crippen LogP contribution in [-0.2, 0) is 5.41 Å². The minimum atomic E-state index is -0.0708. The highest BCUT2D eigenvalue weighted by atomic mass is 16.3. The molecule has 0 saturated heterocycles. The van der Waals surface area contributed by atoms with Crippen molar-refractivity contribution < 1.29 is 14.6 Å². The maximum absolute atomic E-state index is 10.3. The quantitative estimate of drug-likeness (QED) is 0.638. The van der Waals surface area contributed by atoms with E-state index in [-0.39, 0.29) is 28.4 Å². The second kappa shape index (κ2) is 5.91. The molecule has 1 saturated carbocycles. The molecule has 1 fully saturated rings. The number of phenolic OH excluding ortho intramolecular Hbond substituents is 2. The lowest BCUT2D eigenvalue weighted by Gasteiger charge is -2.50. The first-order chi connectivity index (χ1) is 12.6. The summed E-state index contributed by atoms with van der Waals surface area (Å²) >= 11 is 0. The van der Waals surface area contributed by atoms with E-state index >= 15 is 0 Å². The van der Waals surface area contributed by atoms with Gasteiger partial charge in [-0.25, -0.2) is 0 Å². The highest BCUT2D eigenvalue weighted by Gasteiger charge is 2.52. The highest BCUT2D eigenvalue weighted by molar-refractivity contribution is 5.90. The summed E-state index contributed by atoms with van der Waals surface area (Å²) in [6.45, 7) is 9.07. The Labute approximate surface area is 162 Å². The minimum Gasteiger partial charge on any atom is -0.504 e. The van der Waals surface area contributed by atoms with Crippen LogP contribution in [0.1, 0.15) is 75.8 Å². The standard InChI is InChI=1S/C23H33NO3/c1-13-19(26)16(25)12-14-18-21(27-20(13)14)15(24(5)6)8-9-17-22(2,3)10-7-11-23(17,18)4/h12,15,17,25-26H,7-11H2,1-6H3/t15?,17-,23-/m1/s1. The molecule has 4 heteroatoms. The maximum atomic E-state index is 10.3. The van der Waals surface area contributed by atoms with E-state index in [0.29, 0.717) is 11.5 Å². The Hall–Kier alpha value is -1.68. The van der Waals surface area contributed by atoms with Crippen molar-refractivity contribution in [2.45, 2.75) is 71.3 Å². The van der Waals surface area contributed by atoms with Crippen molar-refractivity contribution >= 4 is 11.0 Å². The van der Waals surface area contributed by atoms with E-state index in [0.717, 1.165) is 29.6 Å². The predicted octanol–water partition coefficient (Wildman–Crippen LogP) is 5.63. The van der Waals surface area contributed by atoms with Crippen LogP contribution in [-0.4, -0.2) is 29.2 Å². The molecule has 4 rings (SSSR count). The fraction of sp³-hybridized carbons (Fsp3) is 0.652. The summed E-state index contributed by atoms with van der Waals surface area (Å²) in [6, 6.07) is 1.94. The van der Waals surface area contributed by atoms with Gasteiger partial charge in [-0.3, -0.25) is 4.90 Å². The number of aromatic hydroxyl groups is 2. The van der Waals surface area contributed by atoms with E-state index in [2.05, 4.69) is 39.8 Å². The predicted molar refractivity (Wildman–Crippen MR) is 108 cm³/mol. The monoisotopic (exact) mass is 371 g/mol. The summed E-state index contributed by atoms with van der Waals surface area (Å²) in [6.07, 6.45) is 5.86. The number of furan rings is 1. The van der Waals surface area contributed by atoms with Gasteiger partial charge in [0.25, 0.3) is 0 Å². The van der Waals surface area contributed by atoms with Crippen LogP contribution in [0.25, 0.3) is 11.0 Å². The first-order valence-corrected chi connectivity index (χ1v) is 10.2. The zero-order valence-corrected chi connectivity index (χ0v) is 17.5. The molecule has 1 aromatic carbocycles. The summed E-state index contributed by atoms with van der Waals surface area (Å²) in [4.78, 5) is 2.25. The van der Waals surface area contributed by atoms with Gasteiger partial charge in [-0.15, -0.1) is 0 Å². The number of rotatable bonds is 1. The van der Waals surface area contributed by atoms with Crippen LogP contribution in [0.4, 0.5) is 0 Å². The average molecular weight is 372 g/mol. The third-order valence-electron chi connectivity index (χ3n) is 7.65. The van der Waals surface area contributed by atoms with E-state index in [4.69, 9.17) is 4.42 Å². The average Bonchev–Trinajstić information content (AvgIpc) is 2.88. The number of aryl methyl sites for hydroxylation is 1. The Morgan fingerprint density at radius 2 is 1.81 bits per heavy atom. The molecule has 0 amide bonds. The molecule has 4 nitrogen and oxygen atoms in total. The molecule has 1 aromatic heterocycles. The number of nitrogens with zero attached hydrogens (tertiary/aromatic N) is 1. The Morgan fingerprint density at radius 1 is 1.11 bits per heavy atom. The molecule has 148 valence electrons. The van der Waals surface area contributed by atoms with Crippen LogP contribution in [0.2, 0.25) is 0 Å². The van der Waals surface area contributed by atoms with Crippen molar-refractivity contribution in [2.24, 2.45) is 11.3 Å². The molecule has 2 aromatic rings. The lowest BCUT2D eigenvalue weighted by atomic mass is 9.53. The Bertz CT molecular complexity index is 895. The first-order valence-electron chi connectivity index (χ1n) is 10.2. The van der Waals surface area contributed by atoms with Crippen molar-refractivity contribution in [3.8, 4) is 11.5 Å². The number of phenols is 2. The molecule has 3 atom stereocenters. The van der Waals surface area contributed by atoms with Crippen LogP contribution in [0.5, 0.6) is 11.5 Å². The number of benzene rings is 1. The Morgan fingerprint density at radius 3 is 2.48 bits per heavy atom. The summed E-state index contributed by atoms with van der Waals surface area (Å²) < 4.78 is 6.48. The van der Waals surface area contributed by atoms with Gasteiger partial charge in [0.1, 0.15) is 11.3 Å². The third kappa shape index (κ3) is 2.52. The summed E-state index contributed by atoms with van der Waals surface area (Å²) in [5.41, 5.74) is 2.93. The molecule has 0 aliphatic heterocycles. The summed E-state index contributed by atoms with van der Waals surface area (Å²) in [7, 11) is 4.23. The molecule has 0 spiro atoms. The normalized spacial score (nSPS) is 30.2. The molecular formula is C23H33NO3. The van der Waals surface area contributed by atoms with E-state index in [1.807, 2.05) is 6.92 Å². The van der Waals surface area contributed by atoms with Crippen LogP contribution in [0, 0.1) is 18.3 Å². The molecule has 1 heterocycles. The zero-order chi connectivity index (χ0) is 19.7. The molecule has 27 heavy (non-hydrogen) atoms.